The van der Waals surface area contributed by atoms with E-state index in [9.17, 15) is 33.6 Å². The summed E-state index contributed by atoms with van der Waals surface area (Å²) < 4.78 is 0. The van der Waals surface area contributed by atoms with E-state index in [2.05, 4.69) is 26.6 Å². The van der Waals surface area contributed by atoms with Gasteiger partial charge < -0.3 is 48.9 Å². The maximum Gasteiger partial charge on any atom is 0.305 e. The van der Waals surface area contributed by atoms with E-state index < -0.39 is 84.5 Å². The second kappa shape index (κ2) is 18.8. The zero-order valence-electron chi connectivity index (χ0n) is 24.3. The Bertz CT molecular complexity index is 1130. The number of nitrogens with two attached hydrogens (primary N) is 3. The topological polar surface area (TPSA) is 278 Å². The van der Waals surface area contributed by atoms with Gasteiger partial charge in [-0.05, 0) is 30.9 Å². The number of nitrogens with one attached hydrogen (secondary N) is 5. The van der Waals surface area contributed by atoms with E-state index in [0.29, 0.717) is 6.42 Å². The Morgan fingerprint density at radius 1 is 0.791 bits per heavy atom. The van der Waals surface area contributed by atoms with E-state index in [1.165, 1.54) is 0 Å². The molecular weight excluding hydrogens is 564 g/mol. The normalized spacial score (nSPS) is 13.5. The number of carbonyl (C=O) groups is 7. The molecule has 0 saturated carbocycles. The second-order valence-electron chi connectivity index (χ2n) is 10.1. The number of carboxylic acid groups (broad SMARTS) is 1. The van der Waals surface area contributed by atoms with Gasteiger partial charge in [0.05, 0.1) is 19.5 Å². The minimum absolute atomic E-state index is 0.0978. The van der Waals surface area contributed by atoms with Crippen molar-refractivity contribution in [3.05, 3.63) is 35.9 Å². The number of carbonyl (C=O) groups excluding carboxylic acids is 6. The van der Waals surface area contributed by atoms with Crippen LogP contribution in [0.1, 0.15) is 38.7 Å². The van der Waals surface area contributed by atoms with Crippen LogP contribution in [0.25, 0.3) is 0 Å². The van der Waals surface area contributed by atoms with Crippen LogP contribution in [0.5, 0.6) is 0 Å². The number of aliphatic carboxylic acids is 1. The lowest BCUT2D eigenvalue weighted by Crippen LogP contribution is -2.59. The van der Waals surface area contributed by atoms with Gasteiger partial charge in [0.15, 0.2) is 0 Å². The van der Waals surface area contributed by atoms with Gasteiger partial charge in [-0.15, -0.1) is 0 Å². The second-order valence-corrected chi connectivity index (χ2v) is 10.1. The van der Waals surface area contributed by atoms with E-state index in [1.54, 1.807) is 44.2 Å². The molecule has 238 valence electrons. The average Bonchev–Trinajstić information content (AvgIpc) is 2.95. The Morgan fingerprint density at radius 3 is 1.95 bits per heavy atom. The first kappa shape index (κ1) is 36.5. The number of hydrogen-bond donors (Lipinski definition) is 9. The van der Waals surface area contributed by atoms with Crippen molar-refractivity contribution in [1.29, 1.82) is 0 Å². The van der Waals surface area contributed by atoms with Gasteiger partial charge in [-0.2, -0.15) is 0 Å². The van der Waals surface area contributed by atoms with Crippen LogP contribution in [0.3, 0.4) is 0 Å². The summed E-state index contributed by atoms with van der Waals surface area (Å²) in [7, 11) is 0. The van der Waals surface area contributed by atoms with Crippen LogP contribution in [0.15, 0.2) is 30.3 Å². The Morgan fingerprint density at radius 2 is 1.42 bits per heavy atom. The van der Waals surface area contributed by atoms with Crippen LogP contribution in [0.4, 0.5) is 0 Å². The van der Waals surface area contributed by atoms with Gasteiger partial charge >= 0.3 is 5.97 Å². The lowest BCUT2D eigenvalue weighted by atomic mass is 10.00. The van der Waals surface area contributed by atoms with E-state index in [4.69, 9.17) is 22.3 Å². The molecule has 0 aliphatic heterocycles. The van der Waals surface area contributed by atoms with Crippen molar-refractivity contribution in [3.63, 3.8) is 0 Å². The molecule has 4 unspecified atom stereocenters. The van der Waals surface area contributed by atoms with Gasteiger partial charge in [0, 0.05) is 6.42 Å². The van der Waals surface area contributed by atoms with Gasteiger partial charge in [0.2, 0.25) is 35.4 Å². The number of rotatable bonds is 19. The summed E-state index contributed by atoms with van der Waals surface area (Å²) in [5.74, 6) is -6.38. The highest BCUT2D eigenvalue weighted by Crippen LogP contribution is 2.08. The lowest BCUT2D eigenvalue weighted by Gasteiger charge is -2.27. The number of carboxylic acids is 1. The summed E-state index contributed by atoms with van der Waals surface area (Å²) in [6, 6.07) is 4.15. The molecule has 1 rings (SSSR count). The first-order chi connectivity index (χ1) is 20.3. The molecule has 0 radical (unpaired) electrons. The van der Waals surface area contributed by atoms with Crippen molar-refractivity contribution < 1.29 is 38.7 Å². The lowest BCUT2D eigenvalue weighted by molar-refractivity contribution is -0.140. The molecule has 0 aromatic heterocycles. The number of hydrogen-bond acceptors (Lipinski definition) is 9. The molecule has 1 aromatic rings. The van der Waals surface area contributed by atoms with Gasteiger partial charge in [-0.1, -0.05) is 44.2 Å². The minimum Gasteiger partial charge on any atom is -0.481 e. The molecule has 0 aliphatic carbocycles. The Hall–Kier alpha value is -4.57. The predicted octanol–water partition coefficient (Wildman–Crippen LogP) is -3.40. The summed E-state index contributed by atoms with van der Waals surface area (Å²) in [5.41, 5.74) is 16.8. The highest BCUT2D eigenvalue weighted by Gasteiger charge is 2.31. The van der Waals surface area contributed by atoms with Gasteiger partial charge in [0.25, 0.3) is 0 Å². The maximum atomic E-state index is 13.3. The van der Waals surface area contributed by atoms with E-state index in [1.807, 2.05) is 0 Å². The average molecular weight is 607 g/mol. The van der Waals surface area contributed by atoms with Crippen molar-refractivity contribution in [1.82, 2.24) is 26.6 Å². The van der Waals surface area contributed by atoms with E-state index in [0.717, 1.165) is 5.56 Å². The first-order valence-electron chi connectivity index (χ1n) is 13.7. The summed E-state index contributed by atoms with van der Waals surface area (Å²) in [5, 5.41) is 21.1. The molecule has 0 heterocycles. The van der Waals surface area contributed by atoms with Crippen molar-refractivity contribution in [2.45, 2.75) is 63.7 Å². The number of primary amides is 1. The summed E-state index contributed by atoms with van der Waals surface area (Å²) in [6.45, 7) is 2.58. The van der Waals surface area contributed by atoms with E-state index >= 15 is 0 Å². The number of amides is 6. The molecule has 16 heteroatoms. The minimum atomic E-state index is -1.48. The van der Waals surface area contributed by atoms with E-state index in [-0.39, 0.29) is 25.9 Å². The maximum absolute atomic E-state index is 13.3. The Labute approximate surface area is 249 Å². The monoisotopic (exact) mass is 606 g/mol. The van der Waals surface area contributed by atoms with Crippen molar-refractivity contribution in [2.75, 3.05) is 19.6 Å². The fourth-order valence-electron chi connectivity index (χ4n) is 3.89. The third-order valence-electron chi connectivity index (χ3n) is 6.18. The highest BCUT2D eigenvalue weighted by molar-refractivity contribution is 5.96. The Kier molecular flexibility index (Phi) is 15.9. The largest absolute Gasteiger partial charge is 0.481 e. The summed E-state index contributed by atoms with van der Waals surface area (Å²) in [6.07, 6.45) is -0.178. The fourth-order valence-corrected chi connectivity index (χ4v) is 3.89. The Balaban J connectivity index is 2.96. The SMILES string of the molecule is CC(C)C(NC(=O)C(Cc1ccccc1)NC(=O)CN)C(=O)NC(CCCN)C(=O)NCC(=O)NC(CC(=O)O)C(N)=O. The molecule has 6 amide bonds. The zero-order chi connectivity index (χ0) is 32.5. The van der Waals surface area contributed by atoms with Crippen molar-refractivity contribution in [2.24, 2.45) is 23.1 Å². The molecule has 0 fully saturated rings. The quantitative estimate of drug-likeness (QED) is 0.0752. The van der Waals surface area contributed by atoms with Crippen molar-refractivity contribution in [3.8, 4) is 0 Å². The number of benzene rings is 1. The molecule has 1 aromatic carbocycles. The highest BCUT2D eigenvalue weighted by atomic mass is 16.4. The van der Waals surface area contributed by atoms with Crippen LogP contribution in [0, 0.1) is 5.92 Å². The van der Waals surface area contributed by atoms with Crippen molar-refractivity contribution >= 4 is 41.4 Å². The molecule has 4 atom stereocenters. The third kappa shape index (κ3) is 13.8. The van der Waals surface area contributed by atoms with Gasteiger partial charge in [-0.25, -0.2) is 0 Å². The molecule has 0 saturated heterocycles. The van der Waals surface area contributed by atoms with Gasteiger partial charge in [0.1, 0.15) is 24.2 Å². The summed E-state index contributed by atoms with van der Waals surface area (Å²) in [4.78, 5) is 85.9. The molecule has 43 heavy (non-hydrogen) atoms. The van der Waals surface area contributed by atoms with Crippen LogP contribution in [0.2, 0.25) is 0 Å². The molecule has 0 spiro atoms. The molecule has 16 nitrogen and oxygen atoms in total. The molecule has 0 aliphatic rings. The zero-order valence-corrected chi connectivity index (χ0v) is 24.3. The molecule has 12 N–H and O–H groups in total. The standard InChI is InChI=1S/C27H42N8O8/c1-15(2)23(35-26(42)19(33-20(36)13-29)11-16-7-4-3-5-8-16)27(43)34-17(9-6-10-28)25(41)31-14-21(37)32-18(24(30)40)12-22(38)39/h3-5,7-8,15,17-19,23H,6,9-14,28-29H2,1-2H3,(H2,30,40)(H,31,41)(H,32,37)(H,33,36)(H,34,43)(H,35,42)(H,38,39). The van der Waals surface area contributed by atoms with Crippen LogP contribution >= 0.6 is 0 Å². The third-order valence-corrected chi connectivity index (χ3v) is 6.18. The van der Waals surface area contributed by atoms with Crippen LogP contribution in [-0.4, -0.2) is 90.3 Å². The van der Waals surface area contributed by atoms with Crippen LogP contribution < -0.4 is 43.8 Å². The molecular formula is C27H42N8O8. The first-order valence-corrected chi connectivity index (χ1v) is 13.7. The molecule has 0 bridgehead atoms. The fraction of sp³-hybridized carbons (Fsp3) is 0.519. The predicted molar refractivity (Wildman–Crippen MR) is 155 cm³/mol. The van der Waals surface area contributed by atoms with Gasteiger partial charge in [-0.3, -0.25) is 33.6 Å². The summed E-state index contributed by atoms with van der Waals surface area (Å²) >= 11 is 0. The smallest absolute Gasteiger partial charge is 0.305 e. The van der Waals surface area contributed by atoms with Crippen LogP contribution in [-0.2, 0) is 40.0 Å².